The number of hydrogen-bond donors (Lipinski definition) is 3. The van der Waals surface area contributed by atoms with Crippen LogP contribution in [-0.4, -0.2) is 46.1 Å². The number of hydrogen-bond acceptors (Lipinski definition) is 8. The molecule has 0 fully saturated rings. The zero-order valence-electron chi connectivity index (χ0n) is 15.0. The Morgan fingerprint density at radius 3 is 2.69 bits per heavy atom. The maximum absolute atomic E-state index is 12.5. The van der Waals surface area contributed by atoms with Crippen molar-refractivity contribution in [2.75, 3.05) is 23.8 Å². The number of pyridine rings is 1. The predicted octanol–water partition coefficient (Wildman–Crippen LogP) is 2.88. The van der Waals surface area contributed by atoms with Crippen molar-refractivity contribution in [1.29, 1.82) is 0 Å². The molecule has 1 atom stereocenters. The van der Waals surface area contributed by atoms with Crippen molar-refractivity contribution in [2.45, 2.75) is 13.0 Å². The number of non-ortho nitro benzene ring substituents is 1. The Hall–Kier alpha value is -2.95. The number of benzene rings is 1. The highest BCUT2D eigenvalue weighted by Gasteiger charge is 2.24. The molecular weight excluding hydrogens is 427 g/mol. The number of aromatic nitrogens is 1. The number of nitrogens with one attached hydrogen (secondary N) is 2. The predicted molar refractivity (Wildman–Crippen MR) is 106 cm³/mol. The molecule has 29 heavy (non-hydrogen) atoms. The standard InChI is InChI=1S/C17H16Cl2N4O6/c1-9(16(25)22-15-13(19)6-10(18)8-21-15)29-17(26)12-7-11(23(27)28)2-3-14(12)20-4-5-24/h2-3,6-9,20,24H,4-5H2,1H3,(H,21,22,25). The van der Waals surface area contributed by atoms with Crippen LogP contribution in [0, 0.1) is 10.1 Å². The first-order chi connectivity index (χ1) is 13.7. The number of nitrogens with zero attached hydrogens (tertiary/aromatic N) is 2. The zero-order chi connectivity index (χ0) is 21.6. The van der Waals surface area contributed by atoms with Crippen molar-refractivity contribution in [2.24, 2.45) is 0 Å². The summed E-state index contributed by atoms with van der Waals surface area (Å²) < 4.78 is 5.12. The third kappa shape index (κ3) is 6.01. The van der Waals surface area contributed by atoms with E-state index in [1.165, 1.54) is 31.3 Å². The van der Waals surface area contributed by atoms with Crippen LogP contribution in [-0.2, 0) is 9.53 Å². The fourth-order valence-corrected chi connectivity index (χ4v) is 2.59. The average molecular weight is 443 g/mol. The molecule has 154 valence electrons. The lowest BCUT2D eigenvalue weighted by atomic mass is 10.1. The van der Waals surface area contributed by atoms with E-state index in [1.54, 1.807) is 0 Å². The smallest absolute Gasteiger partial charge is 0.341 e. The normalized spacial score (nSPS) is 11.4. The maximum atomic E-state index is 12.5. The number of anilines is 2. The van der Waals surface area contributed by atoms with E-state index in [4.69, 9.17) is 33.0 Å². The third-order valence-corrected chi connectivity index (χ3v) is 4.06. The van der Waals surface area contributed by atoms with Gasteiger partial charge in [0.2, 0.25) is 0 Å². The summed E-state index contributed by atoms with van der Waals surface area (Å²) in [6, 6.07) is 4.91. The molecule has 2 rings (SSSR count). The van der Waals surface area contributed by atoms with Gasteiger partial charge < -0.3 is 20.5 Å². The Morgan fingerprint density at radius 2 is 2.07 bits per heavy atom. The van der Waals surface area contributed by atoms with Crippen molar-refractivity contribution in [3.63, 3.8) is 0 Å². The zero-order valence-corrected chi connectivity index (χ0v) is 16.5. The van der Waals surface area contributed by atoms with E-state index in [2.05, 4.69) is 15.6 Å². The molecule has 0 aliphatic carbocycles. The highest BCUT2D eigenvalue weighted by molar-refractivity contribution is 6.36. The molecule has 0 saturated carbocycles. The third-order valence-electron chi connectivity index (χ3n) is 3.56. The number of carbonyl (C=O) groups excluding carboxylic acids is 2. The molecule has 1 amide bonds. The van der Waals surface area contributed by atoms with Crippen LogP contribution in [0.3, 0.4) is 0 Å². The molecule has 1 aromatic carbocycles. The fraction of sp³-hybridized carbons (Fsp3) is 0.235. The van der Waals surface area contributed by atoms with E-state index < -0.39 is 22.9 Å². The molecule has 0 radical (unpaired) electrons. The molecule has 1 unspecified atom stereocenters. The Kier molecular flexibility index (Phi) is 7.71. The number of aliphatic hydroxyl groups is 1. The molecule has 0 bridgehead atoms. The summed E-state index contributed by atoms with van der Waals surface area (Å²) in [5.41, 5.74) is -0.277. The van der Waals surface area contributed by atoms with Crippen molar-refractivity contribution in [1.82, 2.24) is 4.98 Å². The van der Waals surface area contributed by atoms with Gasteiger partial charge in [-0.1, -0.05) is 23.2 Å². The molecule has 10 nitrogen and oxygen atoms in total. The second-order valence-electron chi connectivity index (χ2n) is 5.66. The number of ether oxygens (including phenoxy) is 1. The van der Waals surface area contributed by atoms with E-state index >= 15 is 0 Å². The summed E-state index contributed by atoms with van der Waals surface area (Å²) in [5, 5.41) is 25.4. The van der Waals surface area contributed by atoms with Gasteiger partial charge in [-0.3, -0.25) is 14.9 Å². The van der Waals surface area contributed by atoms with Gasteiger partial charge >= 0.3 is 5.97 Å². The fourth-order valence-electron chi connectivity index (χ4n) is 2.16. The highest BCUT2D eigenvalue weighted by atomic mass is 35.5. The van der Waals surface area contributed by atoms with Crippen LogP contribution in [0.25, 0.3) is 0 Å². The minimum atomic E-state index is -1.26. The van der Waals surface area contributed by atoms with Gasteiger partial charge in [0.05, 0.1) is 27.1 Å². The van der Waals surface area contributed by atoms with Gasteiger partial charge in [-0.2, -0.15) is 0 Å². The minimum Gasteiger partial charge on any atom is -0.449 e. The van der Waals surface area contributed by atoms with Crippen LogP contribution in [0.1, 0.15) is 17.3 Å². The van der Waals surface area contributed by atoms with Gasteiger partial charge in [0, 0.05) is 30.6 Å². The summed E-state index contributed by atoms with van der Waals surface area (Å²) in [6.07, 6.45) is 0.0167. The maximum Gasteiger partial charge on any atom is 0.341 e. The molecule has 0 aliphatic heterocycles. The van der Waals surface area contributed by atoms with Gasteiger partial charge in [0.25, 0.3) is 11.6 Å². The van der Waals surface area contributed by atoms with Crippen LogP contribution >= 0.6 is 23.2 Å². The van der Waals surface area contributed by atoms with Gasteiger partial charge in [-0.15, -0.1) is 0 Å². The Bertz CT molecular complexity index is 940. The SMILES string of the molecule is CC(OC(=O)c1cc([N+](=O)[O-])ccc1NCCO)C(=O)Nc1ncc(Cl)cc1Cl. The van der Waals surface area contributed by atoms with Crippen LogP contribution in [0.2, 0.25) is 10.0 Å². The lowest BCUT2D eigenvalue weighted by Crippen LogP contribution is -2.30. The van der Waals surface area contributed by atoms with Crippen molar-refractivity contribution < 1.29 is 24.4 Å². The molecule has 0 saturated heterocycles. The van der Waals surface area contributed by atoms with Gasteiger partial charge in [-0.25, -0.2) is 9.78 Å². The summed E-state index contributed by atoms with van der Waals surface area (Å²) in [4.78, 5) is 39.0. The monoisotopic (exact) mass is 442 g/mol. The highest BCUT2D eigenvalue weighted by Crippen LogP contribution is 2.25. The van der Waals surface area contributed by atoms with Gasteiger partial charge in [0.1, 0.15) is 0 Å². The van der Waals surface area contributed by atoms with Gasteiger partial charge in [-0.05, 0) is 19.1 Å². The molecule has 2 aromatic rings. The first kappa shape index (κ1) is 22.3. The number of amides is 1. The molecule has 3 N–H and O–H groups in total. The van der Waals surface area contributed by atoms with Crippen LogP contribution in [0.5, 0.6) is 0 Å². The summed E-state index contributed by atoms with van der Waals surface area (Å²) >= 11 is 11.7. The van der Waals surface area contributed by atoms with E-state index in [0.29, 0.717) is 0 Å². The number of carbonyl (C=O) groups is 2. The van der Waals surface area contributed by atoms with E-state index in [1.807, 2.05) is 0 Å². The second kappa shape index (κ2) is 10.0. The lowest BCUT2D eigenvalue weighted by molar-refractivity contribution is -0.384. The van der Waals surface area contributed by atoms with Crippen LogP contribution in [0.15, 0.2) is 30.5 Å². The molecule has 1 heterocycles. The lowest BCUT2D eigenvalue weighted by Gasteiger charge is -2.15. The molecular formula is C17H16Cl2N4O6. The number of halogens is 2. The molecule has 1 aromatic heterocycles. The Labute approximate surface area is 174 Å². The molecule has 0 aliphatic rings. The van der Waals surface area contributed by atoms with Gasteiger partial charge in [0.15, 0.2) is 11.9 Å². The van der Waals surface area contributed by atoms with Crippen molar-refractivity contribution in [3.8, 4) is 0 Å². The molecule has 0 spiro atoms. The second-order valence-corrected chi connectivity index (χ2v) is 6.50. The number of nitro benzene ring substituents is 1. The van der Waals surface area contributed by atoms with Crippen molar-refractivity contribution in [3.05, 3.63) is 56.2 Å². The summed E-state index contributed by atoms with van der Waals surface area (Å²) in [5.74, 6) is -1.65. The van der Waals surface area contributed by atoms with Crippen LogP contribution < -0.4 is 10.6 Å². The average Bonchev–Trinajstić information content (AvgIpc) is 2.68. The quantitative estimate of drug-likeness (QED) is 0.321. The van der Waals surface area contributed by atoms with Crippen LogP contribution in [0.4, 0.5) is 17.2 Å². The largest absolute Gasteiger partial charge is 0.449 e. The summed E-state index contributed by atoms with van der Waals surface area (Å²) in [7, 11) is 0. The van der Waals surface area contributed by atoms with E-state index in [0.717, 1.165) is 6.07 Å². The Morgan fingerprint density at radius 1 is 1.34 bits per heavy atom. The van der Waals surface area contributed by atoms with E-state index in [-0.39, 0.29) is 46.0 Å². The number of aliphatic hydroxyl groups excluding tert-OH is 1. The minimum absolute atomic E-state index is 0.0321. The number of esters is 1. The number of rotatable bonds is 8. The van der Waals surface area contributed by atoms with Crippen molar-refractivity contribution >= 4 is 52.3 Å². The molecule has 12 heteroatoms. The summed E-state index contributed by atoms with van der Waals surface area (Å²) in [6.45, 7) is 1.20. The number of nitro groups is 1. The topological polar surface area (TPSA) is 144 Å². The first-order valence-electron chi connectivity index (χ1n) is 8.19. The Balaban J connectivity index is 2.15. The van der Waals surface area contributed by atoms with E-state index in [9.17, 15) is 19.7 Å². The first-order valence-corrected chi connectivity index (χ1v) is 8.94.